The van der Waals surface area contributed by atoms with Crippen LogP contribution in [0.25, 0.3) is 0 Å². The monoisotopic (exact) mass is 241 g/mol. The van der Waals surface area contributed by atoms with Crippen LogP contribution in [0, 0.1) is 0 Å². The maximum atomic E-state index is 11.6. The van der Waals surface area contributed by atoms with Crippen LogP contribution in [0.4, 0.5) is 0 Å². The highest BCUT2D eigenvalue weighted by Gasteiger charge is 2.11. The molecule has 0 amide bonds. The lowest BCUT2D eigenvalue weighted by Crippen LogP contribution is -2.04. The summed E-state index contributed by atoms with van der Waals surface area (Å²) in [5.74, 6) is 0.109. The van der Waals surface area contributed by atoms with Gasteiger partial charge in [0.15, 0.2) is 9.84 Å². The molecule has 0 unspecified atom stereocenters. The first-order valence-electron chi connectivity index (χ1n) is 4.92. The lowest BCUT2D eigenvalue weighted by Gasteiger charge is -2.03. The molecule has 0 radical (unpaired) electrons. The van der Waals surface area contributed by atoms with Gasteiger partial charge in [-0.3, -0.25) is 0 Å². The number of nitrogens with zero attached hydrogens (tertiary/aromatic N) is 1. The molecule has 5 heteroatoms. The molecule has 0 aliphatic heterocycles. The van der Waals surface area contributed by atoms with Crippen LogP contribution in [0.5, 0.6) is 0 Å². The van der Waals surface area contributed by atoms with Crippen LogP contribution in [0.2, 0.25) is 0 Å². The summed E-state index contributed by atoms with van der Waals surface area (Å²) in [7, 11) is -1.65. The fourth-order valence-electron chi connectivity index (χ4n) is 1.26. The molecule has 1 rings (SSSR count). The first-order valence-corrected chi connectivity index (χ1v) is 6.57. The fraction of sp³-hybridized carbons (Fsp3) is 0.364. The highest BCUT2D eigenvalue weighted by atomic mass is 32.2. The van der Waals surface area contributed by atoms with E-state index in [1.54, 1.807) is 38.1 Å². The third-order valence-electron chi connectivity index (χ3n) is 2.24. The third-order valence-corrected chi connectivity index (χ3v) is 3.99. The minimum absolute atomic E-state index is 0.109. The van der Waals surface area contributed by atoms with Crippen LogP contribution in [0.15, 0.2) is 34.3 Å². The van der Waals surface area contributed by atoms with Crippen molar-refractivity contribution in [3.8, 4) is 0 Å². The summed E-state index contributed by atoms with van der Waals surface area (Å²) in [6.45, 7) is 3.42. The molecule has 0 fully saturated rings. The number of benzene rings is 1. The Morgan fingerprint density at radius 3 is 2.31 bits per heavy atom. The highest BCUT2D eigenvalue weighted by Crippen LogP contribution is 2.12. The van der Waals surface area contributed by atoms with Gasteiger partial charge in [0.25, 0.3) is 0 Å². The Bertz CT molecular complexity index is 474. The number of hydrogen-bond acceptors (Lipinski definition) is 4. The van der Waals surface area contributed by atoms with Crippen LogP contribution in [-0.4, -0.2) is 27.0 Å². The van der Waals surface area contributed by atoms with E-state index < -0.39 is 9.84 Å². The van der Waals surface area contributed by atoms with Crippen LogP contribution in [0.1, 0.15) is 19.4 Å². The molecular formula is C11H15NO3S. The normalized spacial score (nSPS) is 12.6. The van der Waals surface area contributed by atoms with Gasteiger partial charge in [0.2, 0.25) is 0 Å². The maximum Gasteiger partial charge on any atom is 0.178 e. The Morgan fingerprint density at radius 1 is 1.31 bits per heavy atom. The minimum Gasteiger partial charge on any atom is -0.399 e. The average molecular weight is 241 g/mol. The topological polar surface area (TPSA) is 55.7 Å². The fourth-order valence-corrected chi connectivity index (χ4v) is 2.14. The molecule has 1 aromatic rings. The molecule has 1 aromatic carbocycles. The predicted molar refractivity (Wildman–Crippen MR) is 63.4 cm³/mol. The van der Waals surface area contributed by atoms with Crippen LogP contribution in [-0.2, 0) is 14.7 Å². The second-order valence-electron chi connectivity index (χ2n) is 3.29. The second-order valence-corrected chi connectivity index (χ2v) is 5.57. The van der Waals surface area contributed by atoms with Gasteiger partial charge in [-0.15, -0.1) is 0 Å². The molecule has 4 nitrogen and oxygen atoms in total. The van der Waals surface area contributed by atoms with Gasteiger partial charge in [0.05, 0.1) is 16.4 Å². The molecule has 88 valence electrons. The Morgan fingerprint density at radius 2 is 1.88 bits per heavy atom. The van der Waals surface area contributed by atoms with Crippen molar-refractivity contribution in [3.63, 3.8) is 0 Å². The third kappa shape index (κ3) is 2.82. The van der Waals surface area contributed by atoms with Crippen LogP contribution >= 0.6 is 0 Å². The number of hydrogen-bond donors (Lipinski definition) is 0. The second kappa shape index (κ2) is 5.12. The van der Waals surface area contributed by atoms with Crippen molar-refractivity contribution in [1.82, 2.24) is 0 Å². The first kappa shape index (κ1) is 12.7. The molecular weight excluding hydrogens is 226 g/mol. The van der Waals surface area contributed by atoms with Crippen molar-refractivity contribution >= 4 is 15.5 Å². The molecule has 0 spiro atoms. The molecule has 0 heterocycles. The van der Waals surface area contributed by atoms with E-state index in [4.69, 9.17) is 0 Å². The van der Waals surface area contributed by atoms with Crippen LogP contribution < -0.4 is 0 Å². The minimum atomic E-state index is -3.12. The predicted octanol–water partition coefficient (Wildman–Crippen LogP) is 1.85. The Balaban J connectivity index is 3.05. The Labute approximate surface area is 95.8 Å². The van der Waals surface area contributed by atoms with Crippen molar-refractivity contribution in [2.75, 3.05) is 12.9 Å². The largest absolute Gasteiger partial charge is 0.399 e. The van der Waals surface area contributed by atoms with E-state index in [1.165, 1.54) is 7.11 Å². The van der Waals surface area contributed by atoms with Crippen molar-refractivity contribution < 1.29 is 13.3 Å². The Hall–Kier alpha value is -1.36. The Kier molecular flexibility index (Phi) is 4.06. The van der Waals surface area contributed by atoms with Gasteiger partial charge in [-0.05, 0) is 24.6 Å². The summed E-state index contributed by atoms with van der Waals surface area (Å²) in [6.07, 6.45) is 0. The first-order chi connectivity index (χ1) is 7.51. The van der Waals surface area contributed by atoms with E-state index in [0.717, 1.165) is 5.56 Å². The van der Waals surface area contributed by atoms with E-state index >= 15 is 0 Å². The summed E-state index contributed by atoms with van der Waals surface area (Å²) >= 11 is 0. The lowest BCUT2D eigenvalue weighted by molar-refractivity contribution is 0.213. The summed E-state index contributed by atoms with van der Waals surface area (Å²) in [4.78, 5) is 4.98. The van der Waals surface area contributed by atoms with E-state index in [-0.39, 0.29) is 5.75 Å². The molecule has 0 bridgehead atoms. The maximum absolute atomic E-state index is 11.6. The zero-order valence-electron chi connectivity index (χ0n) is 9.60. The highest BCUT2D eigenvalue weighted by molar-refractivity contribution is 7.91. The number of rotatable bonds is 4. The van der Waals surface area contributed by atoms with Gasteiger partial charge in [-0.25, -0.2) is 8.42 Å². The zero-order valence-corrected chi connectivity index (χ0v) is 10.4. The summed E-state index contributed by atoms with van der Waals surface area (Å²) in [6, 6.07) is 6.62. The molecule has 0 saturated carbocycles. The molecule has 0 aromatic heterocycles. The van der Waals surface area contributed by atoms with Gasteiger partial charge in [0, 0.05) is 0 Å². The van der Waals surface area contributed by atoms with Crippen LogP contribution in [0.3, 0.4) is 0 Å². The van der Waals surface area contributed by atoms with E-state index in [1.807, 2.05) is 0 Å². The standard InChI is InChI=1S/C11H15NO3S/c1-4-16(13,14)11-7-5-10(6-8-11)9(2)12-15-3/h5-8H,4H2,1-3H3/b12-9+. The molecule has 0 aliphatic carbocycles. The smallest absolute Gasteiger partial charge is 0.178 e. The SMILES string of the molecule is CCS(=O)(=O)c1ccc(/C(C)=N/OC)cc1. The lowest BCUT2D eigenvalue weighted by atomic mass is 10.1. The summed E-state index contributed by atoms with van der Waals surface area (Å²) in [5.41, 5.74) is 1.56. The van der Waals surface area contributed by atoms with Gasteiger partial charge in [-0.2, -0.15) is 0 Å². The van der Waals surface area contributed by atoms with E-state index in [9.17, 15) is 8.42 Å². The molecule has 0 N–H and O–H groups in total. The van der Waals surface area contributed by atoms with Crippen molar-refractivity contribution in [3.05, 3.63) is 29.8 Å². The molecule has 0 atom stereocenters. The quantitative estimate of drug-likeness (QED) is 0.597. The average Bonchev–Trinajstić information content (AvgIpc) is 2.29. The van der Waals surface area contributed by atoms with E-state index in [0.29, 0.717) is 10.6 Å². The van der Waals surface area contributed by atoms with Gasteiger partial charge in [0.1, 0.15) is 7.11 Å². The zero-order chi connectivity index (χ0) is 12.2. The summed E-state index contributed by atoms with van der Waals surface area (Å²) < 4.78 is 23.1. The van der Waals surface area contributed by atoms with Gasteiger partial charge >= 0.3 is 0 Å². The van der Waals surface area contributed by atoms with Crippen molar-refractivity contribution in [2.24, 2.45) is 5.16 Å². The van der Waals surface area contributed by atoms with Crippen molar-refractivity contribution in [1.29, 1.82) is 0 Å². The van der Waals surface area contributed by atoms with E-state index in [2.05, 4.69) is 9.99 Å². The number of oxime groups is 1. The number of sulfone groups is 1. The van der Waals surface area contributed by atoms with Gasteiger partial charge in [-0.1, -0.05) is 24.2 Å². The molecule has 0 aliphatic rings. The molecule has 0 saturated heterocycles. The van der Waals surface area contributed by atoms with Gasteiger partial charge < -0.3 is 4.84 Å². The summed E-state index contributed by atoms with van der Waals surface area (Å²) in [5, 5.41) is 3.77. The molecule has 16 heavy (non-hydrogen) atoms. The van der Waals surface area contributed by atoms with Crippen molar-refractivity contribution in [2.45, 2.75) is 18.7 Å².